The molecule has 5 rings (SSSR count). The van der Waals surface area contributed by atoms with Gasteiger partial charge in [0.2, 0.25) is 0 Å². The minimum absolute atomic E-state index is 0.124. The molecule has 6 nitrogen and oxygen atoms in total. The molecule has 3 aromatic rings. The van der Waals surface area contributed by atoms with Gasteiger partial charge in [-0.3, -0.25) is 4.79 Å². The summed E-state index contributed by atoms with van der Waals surface area (Å²) in [6.07, 6.45) is 5.69. The zero-order valence-corrected chi connectivity index (χ0v) is 17.8. The molecule has 1 saturated heterocycles. The third kappa shape index (κ3) is 3.55. The first kappa shape index (κ1) is 19.1. The topological polar surface area (TPSA) is 63.1 Å². The number of hydrogen-bond acceptors (Lipinski definition) is 4. The number of pyridine rings is 1. The molecule has 0 spiro atoms. The smallest absolute Gasteiger partial charge is 0.258 e. The van der Waals surface area contributed by atoms with Crippen LogP contribution in [0.25, 0.3) is 11.2 Å². The summed E-state index contributed by atoms with van der Waals surface area (Å²) in [5.41, 5.74) is 5.04. The number of amides is 1. The monoisotopic (exact) mass is 403 g/mol. The van der Waals surface area contributed by atoms with Gasteiger partial charge in [-0.1, -0.05) is 13.3 Å². The molecule has 6 heteroatoms. The van der Waals surface area contributed by atoms with Crippen LogP contribution in [0.3, 0.4) is 0 Å². The minimum atomic E-state index is -0.124. The average molecular weight is 404 g/mol. The lowest BCUT2D eigenvalue weighted by Gasteiger charge is -2.18. The van der Waals surface area contributed by atoms with Crippen molar-refractivity contribution in [1.29, 1.82) is 0 Å². The first-order valence-electron chi connectivity index (χ1n) is 11.1. The summed E-state index contributed by atoms with van der Waals surface area (Å²) in [7, 11) is 0. The first-order valence-corrected chi connectivity index (χ1v) is 11.1. The van der Waals surface area contributed by atoms with E-state index in [1.165, 1.54) is 18.5 Å². The molecule has 1 fully saturated rings. The molecule has 2 aliphatic heterocycles. The van der Waals surface area contributed by atoms with Crippen LogP contribution in [0.2, 0.25) is 0 Å². The second-order valence-electron chi connectivity index (χ2n) is 8.81. The van der Waals surface area contributed by atoms with Gasteiger partial charge in [0.15, 0.2) is 5.65 Å². The summed E-state index contributed by atoms with van der Waals surface area (Å²) in [5, 5.41) is 3.06. The highest BCUT2D eigenvalue weighted by atomic mass is 16.1. The lowest BCUT2D eigenvalue weighted by atomic mass is 10.1. The zero-order valence-electron chi connectivity index (χ0n) is 17.8. The maximum atomic E-state index is 13.1. The molecule has 0 bridgehead atoms. The zero-order chi connectivity index (χ0) is 20.7. The van der Waals surface area contributed by atoms with Crippen LogP contribution in [-0.2, 0) is 13.0 Å². The fraction of sp³-hybridized carbons (Fsp3) is 0.458. The van der Waals surface area contributed by atoms with Crippen molar-refractivity contribution in [3.05, 3.63) is 47.4 Å². The summed E-state index contributed by atoms with van der Waals surface area (Å²) in [6.45, 7) is 7.37. The van der Waals surface area contributed by atoms with Crippen LogP contribution in [0, 0.1) is 12.8 Å². The van der Waals surface area contributed by atoms with Gasteiger partial charge >= 0.3 is 0 Å². The standard InChI is InChI=1S/C24H29N5O/c1-16-11-13-28(15-16)19-9-7-18(8-10-19)26-24(30)20-14-17(2)25-23-22(20)27-21-6-4-3-5-12-29(21)23/h7-10,14,16H,3-6,11-13,15H2,1-2H3,(H,26,30). The third-order valence-corrected chi connectivity index (χ3v) is 6.35. The van der Waals surface area contributed by atoms with Crippen LogP contribution in [0.15, 0.2) is 30.3 Å². The Hall–Kier alpha value is -2.89. The quantitative estimate of drug-likeness (QED) is 0.696. The van der Waals surface area contributed by atoms with E-state index in [1.807, 2.05) is 25.1 Å². The van der Waals surface area contributed by atoms with Crippen molar-refractivity contribution in [1.82, 2.24) is 14.5 Å². The van der Waals surface area contributed by atoms with E-state index < -0.39 is 0 Å². The number of nitrogens with zero attached hydrogens (tertiary/aromatic N) is 4. The van der Waals surface area contributed by atoms with Crippen LogP contribution < -0.4 is 10.2 Å². The van der Waals surface area contributed by atoms with Gasteiger partial charge in [-0.2, -0.15) is 0 Å². The highest BCUT2D eigenvalue weighted by Crippen LogP contribution is 2.27. The van der Waals surface area contributed by atoms with Gasteiger partial charge in [0.25, 0.3) is 5.91 Å². The summed E-state index contributed by atoms with van der Waals surface area (Å²) >= 11 is 0. The van der Waals surface area contributed by atoms with Gasteiger partial charge < -0.3 is 14.8 Å². The van der Waals surface area contributed by atoms with Gasteiger partial charge in [-0.15, -0.1) is 0 Å². The van der Waals surface area contributed by atoms with E-state index in [9.17, 15) is 4.79 Å². The molecule has 0 saturated carbocycles. The minimum Gasteiger partial charge on any atom is -0.371 e. The van der Waals surface area contributed by atoms with Crippen LogP contribution in [0.5, 0.6) is 0 Å². The Morgan fingerprint density at radius 2 is 1.93 bits per heavy atom. The number of benzene rings is 1. The average Bonchev–Trinajstić information content (AvgIpc) is 3.23. The normalized spacial score (nSPS) is 19.0. The molecule has 1 N–H and O–H groups in total. The molecule has 1 amide bonds. The molecule has 1 unspecified atom stereocenters. The lowest BCUT2D eigenvalue weighted by Crippen LogP contribution is -2.19. The van der Waals surface area contributed by atoms with Crippen LogP contribution in [0.4, 0.5) is 11.4 Å². The summed E-state index contributed by atoms with van der Waals surface area (Å²) in [5.74, 6) is 1.67. The second-order valence-corrected chi connectivity index (χ2v) is 8.81. The Bertz CT molecular complexity index is 1090. The maximum absolute atomic E-state index is 13.1. The van der Waals surface area contributed by atoms with Crippen molar-refractivity contribution in [3.8, 4) is 0 Å². The SMILES string of the molecule is Cc1cc(C(=O)Nc2ccc(N3CCC(C)C3)cc2)c2nc3n(c2n1)CCCCC3. The predicted molar refractivity (Wildman–Crippen MR) is 120 cm³/mol. The van der Waals surface area contributed by atoms with Crippen molar-refractivity contribution in [2.75, 3.05) is 23.3 Å². The maximum Gasteiger partial charge on any atom is 0.258 e. The Labute approximate surface area is 177 Å². The highest BCUT2D eigenvalue weighted by Gasteiger charge is 2.22. The molecule has 156 valence electrons. The van der Waals surface area contributed by atoms with E-state index in [-0.39, 0.29) is 5.91 Å². The molecule has 4 heterocycles. The molecule has 2 aliphatic rings. The van der Waals surface area contributed by atoms with Crippen molar-refractivity contribution in [3.63, 3.8) is 0 Å². The number of anilines is 2. The number of nitrogens with one attached hydrogen (secondary N) is 1. The molecule has 0 radical (unpaired) electrons. The van der Waals surface area contributed by atoms with Crippen LogP contribution >= 0.6 is 0 Å². The number of carbonyl (C=O) groups excluding carboxylic acids is 1. The fourth-order valence-corrected chi connectivity index (χ4v) is 4.71. The molecule has 30 heavy (non-hydrogen) atoms. The molecule has 2 aromatic heterocycles. The Balaban J connectivity index is 1.41. The molecule has 1 aromatic carbocycles. The van der Waals surface area contributed by atoms with Crippen molar-refractivity contribution < 1.29 is 4.79 Å². The van der Waals surface area contributed by atoms with Crippen LogP contribution in [-0.4, -0.2) is 33.5 Å². The lowest BCUT2D eigenvalue weighted by molar-refractivity contribution is 0.102. The van der Waals surface area contributed by atoms with Crippen molar-refractivity contribution in [2.45, 2.75) is 52.5 Å². The highest BCUT2D eigenvalue weighted by molar-refractivity contribution is 6.11. The molecular weight excluding hydrogens is 374 g/mol. The second kappa shape index (κ2) is 7.74. The van der Waals surface area contributed by atoms with Gasteiger partial charge in [0.05, 0.1) is 5.56 Å². The number of rotatable bonds is 3. The molecule has 0 aliphatic carbocycles. The Kier molecular flexibility index (Phi) is 4.93. The summed E-state index contributed by atoms with van der Waals surface area (Å²) in [4.78, 5) is 25.1. The Morgan fingerprint density at radius 1 is 1.10 bits per heavy atom. The van der Waals surface area contributed by atoms with E-state index in [4.69, 9.17) is 9.97 Å². The number of imidazole rings is 1. The van der Waals surface area contributed by atoms with Gasteiger partial charge in [-0.05, 0) is 62.4 Å². The number of aryl methyl sites for hydroxylation is 3. The first-order chi connectivity index (χ1) is 14.6. The van der Waals surface area contributed by atoms with E-state index in [0.29, 0.717) is 5.56 Å². The van der Waals surface area contributed by atoms with Gasteiger partial charge in [0.1, 0.15) is 11.3 Å². The predicted octanol–water partition coefficient (Wildman–Crippen LogP) is 4.56. The number of carbonyl (C=O) groups is 1. The fourth-order valence-electron chi connectivity index (χ4n) is 4.71. The molecule has 1 atom stereocenters. The van der Waals surface area contributed by atoms with Gasteiger partial charge in [-0.25, -0.2) is 9.97 Å². The van der Waals surface area contributed by atoms with Crippen molar-refractivity contribution >= 4 is 28.4 Å². The van der Waals surface area contributed by atoms with Crippen LogP contribution in [0.1, 0.15) is 54.5 Å². The van der Waals surface area contributed by atoms with Gasteiger partial charge in [0, 0.05) is 43.1 Å². The van der Waals surface area contributed by atoms with E-state index in [1.54, 1.807) is 0 Å². The van der Waals surface area contributed by atoms with E-state index in [0.717, 1.165) is 73.2 Å². The number of hydrogen-bond donors (Lipinski definition) is 1. The van der Waals surface area contributed by atoms with E-state index >= 15 is 0 Å². The Morgan fingerprint density at radius 3 is 2.70 bits per heavy atom. The summed E-state index contributed by atoms with van der Waals surface area (Å²) in [6, 6.07) is 10.0. The largest absolute Gasteiger partial charge is 0.371 e. The number of fused-ring (bicyclic) bond motifs is 3. The number of aromatic nitrogens is 3. The molecular formula is C24H29N5O. The summed E-state index contributed by atoms with van der Waals surface area (Å²) < 4.78 is 2.21. The van der Waals surface area contributed by atoms with Crippen molar-refractivity contribution in [2.24, 2.45) is 5.92 Å². The third-order valence-electron chi connectivity index (χ3n) is 6.35. The van der Waals surface area contributed by atoms with E-state index in [2.05, 4.69) is 33.8 Å².